The third kappa shape index (κ3) is 6.44. The van der Waals surface area contributed by atoms with E-state index >= 15 is 0 Å². The summed E-state index contributed by atoms with van der Waals surface area (Å²) in [5.74, 6) is -0.350. The molecule has 2 heterocycles. The smallest absolute Gasteiger partial charge is 0.407 e. The summed E-state index contributed by atoms with van der Waals surface area (Å²) in [7, 11) is 0. The predicted octanol–water partition coefficient (Wildman–Crippen LogP) is 4.31. The summed E-state index contributed by atoms with van der Waals surface area (Å²) in [6.45, 7) is 4.79. The van der Waals surface area contributed by atoms with E-state index in [1.54, 1.807) is 16.1 Å². The van der Waals surface area contributed by atoms with Gasteiger partial charge in [0.15, 0.2) is 5.69 Å². The minimum absolute atomic E-state index is 0.0880. The number of aromatic nitrogens is 2. The second-order valence-electron chi connectivity index (χ2n) is 11.7. The third-order valence-corrected chi connectivity index (χ3v) is 8.96. The van der Waals surface area contributed by atoms with Gasteiger partial charge in [-0.05, 0) is 31.7 Å². The first-order valence-corrected chi connectivity index (χ1v) is 15.1. The van der Waals surface area contributed by atoms with Gasteiger partial charge in [-0.3, -0.25) is 9.59 Å². The maximum atomic E-state index is 14.4. The Morgan fingerprint density at radius 1 is 1.02 bits per heavy atom. The van der Waals surface area contributed by atoms with Crippen molar-refractivity contribution in [3.8, 4) is 11.3 Å². The molecule has 2 N–H and O–H groups in total. The normalized spacial score (nSPS) is 22.3. The summed E-state index contributed by atoms with van der Waals surface area (Å²) >= 11 is 0. The minimum atomic E-state index is -1.19. The summed E-state index contributed by atoms with van der Waals surface area (Å²) in [5.41, 5.74) is 1.54. The second kappa shape index (κ2) is 13.0. The molecule has 10 heteroatoms. The molecule has 1 aliphatic heterocycles. The number of carbonyl (C=O) groups excluding carboxylic acids is 2. The van der Waals surface area contributed by atoms with Crippen LogP contribution in [0, 0.1) is 0 Å². The fraction of sp³-hybridized carbons (Fsp3) is 0.455. The molecule has 2 aliphatic rings. The van der Waals surface area contributed by atoms with Crippen molar-refractivity contribution in [3.63, 3.8) is 0 Å². The molecule has 228 valence electrons. The van der Waals surface area contributed by atoms with Crippen LogP contribution in [0.2, 0.25) is 0 Å². The number of carboxylic acid groups (broad SMARTS) is 1. The number of piperazine rings is 1. The molecular weight excluding hydrogens is 546 g/mol. The van der Waals surface area contributed by atoms with E-state index in [0.717, 1.165) is 24.0 Å². The highest BCUT2D eigenvalue weighted by molar-refractivity contribution is 5.98. The molecular formula is C33H41N5O5. The zero-order valence-electron chi connectivity index (χ0n) is 24.9. The Hall–Kier alpha value is -4.18. The summed E-state index contributed by atoms with van der Waals surface area (Å²) < 4.78 is 1.94. The topological polar surface area (TPSA) is 119 Å². The molecule has 43 heavy (non-hydrogen) atoms. The fourth-order valence-corrected chi connectivity index (χ4v) is 6.69. The molecule has 1 aromatic heterocycles. The second-order valence-corrected chi connectivity index (χ2v) is 11.7. The van der Waals surface area contributed by atoms with Crippen LogP contribution < -0.4 is 0 Å². The van der Waals surface area contributed by atoms with Gasteiger partial charge in [0, 0.05) is 38.7 Å². The van der Waals surface area contributed by atoms with E-state index in [1.165, 1.54) is 11.8 Å². The molecule has 10 nitrogen and oxygen atoms in total. The van der Waals surface area contributed by atoms with Crippen molar-refractivity contribution in [1.29, 1.82) is 0 Å². The molecule has 3 atom stereocenters. The average molecular weight is 588 g/mol. The van der Waals surface area contributed by atoms with Crippen LogP contribution >= 0.6 is 0 Å². The van der Waals surface area contributed by atoms with Crippen molar-refractivity contribution in [2.45, 2.75) is 63.6 Å². The lowest BCUT2D eigenvalue weighted by Crippen LogP contribution is -2.57. The molecule has 3 aromatic rings. The largest absolute Gasteiger partial charge is 0.465 e. The van der Waals surface area contributed by atoms with E-state index in [9.17, 15) is 24.6 Å². The Morgan fingerprint density at radius 3 is 2.37 bits per heavy atom. The van der Waals surface area contributed by atoms with Gasteiger partial charge in [0.05, 0.1) is 30.6 Å². The third-order valence-electron chi connectivity index (χ3n) is 8.96. The molecule has 2 aromatic carbocycles. The Morgan fingerprint density at radius 2 is 1.72 bits per heavy atom. The number of rotatable bonds is 8. The molecule has 5 rings (SSSR count). The van der Waals surface area contributed by atoms with E-state index < -0.39 is 11.7 Å². The van der Waals surface area contributed by atoms with Crippen LogP contribution in [-0.4, -0.2) is 96.7 Å². The molecule has 3 amide bonds. The summed E-state index contributed by atoms with van der Waals surface area (Å²) in [4.78, 5) is 48.1. The number of carbonyl (C=O) groups is 3. The van der Waals surface area contributed by atoms with Crippen molar-refractivity contribution in [1.82, 2.24) is 24.3 Å². The molecule has 1 aliphatic carbocycles. The lowest BCUT2D eigenvalue weighted by molar-refractivity contribution is -0.135. The highest BCUT2D eigenvalue weighted by Crippen LogP contribution is 2.41. The number of amides is 3. The highest BCUT2D eigenvalue weighted by atomic mass is 16.4. The van der Waals surface area contributed by atoms with Gasteiger partial charge in [0.2, 0.25) is 5.91 Å². The van der Waals surface area contributed by atoms with Gasteiger partial charge in [-0.2, -0.15) is 0 Å². The number of likely N-dealkylation sites (N-methyl/N-ethyl adjacent to an activating group) is 1. The van der Waals surface area contributed by atoms with E-state index in [0.29, 0.717) is 31.5 Å². The van der Waals surface area contributed by atoms with Gasteiger partial charge >= 0.3 is 6.09 Å². The molecule has 0 spiro atoms. The zero-order chi connectivity index (χ0) is 30.6. The maximum Gasteiger partial charge on any atom is 0.407 e. The SMILES string of the molecule is CCN(CC1(O)CCCCC1n1cnc(C(=O)N2CCN(C(=O)O)C[C@H]2Cc2ccccc2)c1-c1ccccc1)C(C)=O. The summed E-state index contributed by atoms with van der Waals surface area (Å²) in [6.07, 6.45) is 4.14. The van der Waals surface area contributed by atoms with Crippen molar-refractivity contribution >= 4 is 17.9 Å². The van der Waals surface area contributed by atoms with Gasteiger partial charge < -0.3 is 29.5 Å². The van der Waals surface area contributed by atoms with Gasteiger partial charge in [-0.1, -0.05) is 73.5 Å². The number of imidazole rings is 1. The minimum Gasteiger partial charge on any atom is -0.465 e. The van der Waals surface area contributed by atoms with Gasteiger partial charge in [-0.25, -0.2) is 9.78 Å². The highest BCUT2D eigenvalue weighted by Gasteiger charge is 2.44. The number of hydrogen-bond donors (Lipinski definition) is 2. The van der Waals surface area contributed by atoms with Crippen LogP contribution in [0.3, 0.4) is 0 Å². The lowest BCUT2D eigenvalue weighted by Gasteiger charge is -2.44. The maximum absolute atomic E-state index is 14.4. The number of hydrogen-bond acceptors (Lipinski definition) is 5. The first-order chi connectivity index (χ1) is 20.7. The van der Waals surface area contributed by atoms with Crippen LogP contribution in [0.5, 0.6) is 0 Å². The Kier molecular flexibility index (Phi) is 9.15. The van der Waals surface area contributed by atoms with E-state index in [2.05, 4.69) is 4.98 Å². The molecule has 0 bridgehead atoms. The van der Waals surface area contributed by atoms with E-state index in [1.807, 2.05) is 72.2 Å². The molecule has 0 radical (unpaired) electrons. The predicted molar refractivity (Wildman–Crippen MR) is 163 cm³/mol. The van der Waals surface area contributed by atoms with Crippen LogP contribution in [-0.2, 0) is 11.2 Å². The van der Waals surface area contributed by atoms with E-state index in [-0.39, 0.29) is 55.8 Å². The lowest BCUT2D eigenvalue weighted by atomic mass is 9.79. The first-order valence-electron chi connectivity index (χ1n) is 15.1. The van der Waals surface area contributed by atoms with Crippen LogP contribution in [0.25, 0.3) is 11.3 Å². The fourth-order valence-electron chi connectivity index (χ4n) is 6.69. The average Bonchev–Trinajstić information content (AvgIpc) is 3.45. The zero-order valence-corrected chi connectivity index (χ0v) is 24.9. The summed E-state index contributed by atoms with van der Waals surface area (Å²) in [5, 5.41) is 21.8. The Labute approximate surface area is 252 Å². The molecule has 1 saturated heterocycles. The Balaban J connectivity index is 1.54. The van der Waals surface area contributed by atoms with Crippen molar-refractivity contribution in [3.05, 3.63) is 78.2 Å². The monoisotopic (exact) mass is 587 g/mol. The number of aliphatic hydroxyl groups is 1. The number of benzene rings is 2. The summed E-state index contributed by atoms with van der Waals surface area (Å²) in [6, 6.07) is 18.6. The van der Waals surface area contributed by atoms with Crippen LogP contribution in [0.4, 0.5) is 4.79 Å². The Bertz CT molecular complexity index is 1430. The van der Waals surface area contributed by atoms with Crippen molar-refractivity contribution in [2.24, 2.45) is 0 Å². The molecule has 2 unspecified atom stereocenters. The first kappa shape index (κ1) is 30.3. The van der Waals surface area contributed by atoms with Gasteiger partial charge in [0.1, 0.15) is 5.60 Å². The van der Waals surface area contributed by atoms with E-state index in [4.69, 9.17) is 0 Å². The molecule has 1 saturated carbocycles. The van der Waals surface area contributed by atoms with Crippen LogP contribution in [0.15, 0.2) is 67.0 Å². The van der Waals surface area contributed by atoms with Crippen molar-refractivity contribution in [2.75, 3.05) is 32.7 Å². The van der Waals surface area contributed by atoms with Crippen molar-refractivity contribution < 1.29 is 24.6 Å². The van der Waals surface area contributed by atoms with Crippen LogP contribution in [0.1, 0.15) is 61.6 Å². The quantitative estimate of drug-likeness (QED) is 0.405. The number of nitrogens with zero attached hydrogens (tertiary/aromatic N) is 5. The van der Waals surface area contributed by atoms with Gasteiger partial charge in [0.25, 0.3) is 5.91 Å². The molecule has 2 fully saturated rings. The van der Waals surface area contributed by atoms with Gasteiger partial charge in [-0.15, -0.1) is 0 Å². The standard InChI is InChI=1S/C33H41N5O5/c1-3-35(24(2)39)22-33(43)17-11-10-16-28(33)38-23-34-29(30(38)26-14-8-5-9-15-26)31(40)37-19-18-36(32(41)42)21-27(37)20-25-12-6-4-7-13-25/h4-9,12-15,23,27-28,43H,3,10-11,16-22H2,1-2H3,(H,41,42)/t27-,28?,33?/m1/s1.